The lowest BCUT2D eigenvalue weighted by Gasteiger charge is -2.05. The fraction of sp³-hybridized carbons (Fsp3) is 0. The van der Waals surface area contributed by atoms with Crippen LogP contribution in [0.1, 0.15) is 0 Å². The number of pyridine rings is 3. The molecule has 0 spiro atoms. The van der Waals surface area contributed by atoms with E-state index in [2.05, 4.69) is 35.3 Å². The van der Waals surface area contributed by atoms with Gasteiger partial charge in [-0.25, -0.2) is 4.98 Å². The molecule has 0 aliphatic heterocycles. The molecular weight excluding hydrogens is 374 g/mol. The molecule has 0 aromatic carbocycles. The molecule has 5 aromatic rings. The summed E-state index contributed by atoms with van der Waals surface area (Å²) in [5.41, 5.74) is 5.76. The van der Waals surface area contributed by atoms with Crippen molar-refractivity contribution >= 4 is 0 Å². The largest absolute Gasteiger partial charge is 0.255 e. The van der Waals surface area contributed by atoms with Crippen molar-refractivity contribution in [3.05, 3.63) is 91.3 Å². The molecule has 0 amide bonds. The standard InChI is InChI=1S/C23H15N7/c1-3-14-24-16(6-1)20-10-12-22(29-27-20)18-8-5-9-19(26-18)23-13-11-21(28-30-23)17-7-2-4-15-25-17/h1-15H. The smallest absolute Gasteiger partial charge is 0.111 e. The maximum atomic E-state index is 4.68. The molecule has 0 fully saturated rings. The van der Waals surface area contributed by atoms with E-state index >= 15 is 0 Å². The fourth-order valence-corrected chi connectivity index (χ4v) is 2.96. The Morgan fingerprint density at radius 1 is 0.333 bits per heavy atom. The second-order valence-corrected chi connectivity index (χ2v) is 6.45. The summed E-state index contributed by atoms with van der Waals surface area (Å²) in [7, 11) is 0. The Kier molecular flexibility index (Phi) is 4.67. The van der Waals surface area contributed by atoms with Gasteiger partial charge >= 0.3 is 0 Å². The van der Waals surface area contributed by atoms with E-state index in [1.54, 1.807) is 12.4 Å². The SMILES string of the molecule is c1ccc(-c2ccc(-c3cccc(-c4ccc(-c5ccccn5)nn4)n3)nn2)nc1. The maximum Gasteiger partial charge on any atom is 0.111 e. The van der Waals surface area contributed by atoms with Crippen LogP contribution in [0.2, 0.25) is 0 Å². The second kappa shape index (κ2) is 7.92. The van der Waals surface area contributed by atoms with Crippen molar-refractivity contribution < 1.29 is 0 Å². The second-order valence-electron chi connectivity index (χ2n) is 6.45. The average molecular weight is 389 g/mol. The monoisotopic (exact) mass is 389 g/mol. The van der Waals surface area contributed by atoms with Gasteiger partial charge in [0, 0.05) is 12.4 Å². The molecule has 142 valence electrons. The molecule has 0 saturated heterocycles. The molecule has 0 aliphatic carbocycles. The Balaban J connectivity index is 1.42. The van der Waals surface area contributed by atoms with Crippen LogP contribution < -0.4 is 0 Å². The molecule has 0 bridgehead atoms. The third-order valence-electron chi connectivity index (χ3n) is 4.46. The van der Waals surface area contributed by atoms with Gasteiger partial charge in [-0.05, 0) is 60.7 Å². The van der Waals surface area contributed by atoms with Crippen molar-refractivity contribution in [2.24, 2.45) is 0 Å². The van der Waals surface area contributed by atoms with E-state index in [1.807, 2.05) is 78.9 Å². The first-order valence-electron chi connectivity index (χ1n) is 9.35. The zero-order valence-corrected chi connectivity index (χ0v) is 15.8. The van der Waals surface area contributed by atoms with Crippen molar-refractivity contribution in [1.29, 1.82) is 0 Å². The molecule has 7 heteroatoms. The van der Waals surface area contributed by atoms with Crippen LogP contribution >= 0.6 is 0 Å². The van der Waals surface area contributed by atoms with Crippen LogP contribution in [0.15, 0.2) is 91.3 Å². The van der Waals surface area contributed by atoms with Crippen LogP contribution in [0.5, 0.6) is 0 Å². The molecule has 0 unspecified atom stereocenters. The van der Waals surface area contributed by atoms with Crippen molar-refractivity contribution in [3.63, 3.8) is 0 Å². The van der Waals surface area contributed by atoms with Gasteiger partial charge < -0.3 is 0 Å². The summed E-state index contributed by atoms with van der Waals surface area (Å²) in [4.78, 5) is 13.3. The van der Waals surface area contributed by atoms with Gasteiger partial charge in [0.05, 0.1) is 22.8 Å². The van der Waals surface area contributed by atoms with Crippen LogP contribution in [-0.4, -0.2) is 35.3 Å². The van der Waals surface area contributed by atoms with E-state index < -0.39 is 0 Å². The summed E-state index contributed by atoms with van der Waals surface area (Å²) in [6.45, 7) is 0. The Bertz CT molecular complexity index is 1160. The molecule has 5 rings (SSSR count). The van der Waals surface area contributed by atoms with E-state index in [-0.39, 0.29) is 0 Å². The minimum absolute atomic E-state index is 0.676. The molecule has 5 heterocycles. The van der Waals surface area contributed by atoms with E-state index in [4.69, 9.17) is 0 Å². The highest BCUT2D eigenvalue weighted by molar-refractivity contribution is 5.64. The van der Waals surface area contributed by atoms with Gasteiger partial charge in [0.25, 0.3) is 0 Å². The quantitative estimate of drug-likeness (QED) is 0.457. The van der Waals surface area contributed by atoms with Gasteiger partial charge in [-0.2, -0.15) is 0 Å². The van der Waals surface area contributed by atoms with Crippen molar-refractivity contribution in [3.8, 4) is 45.6 Å². The molecule has 0 aliphatic rings. The Hall–Kier alpha value is -4.39. The molecule has 0 radical (unpaired) electrons. The Morgan fingerprint density at radius 3 is 1.10 bits per heavy atom. The summed E-state index contributed by atoms with van der Waals surface area (Å²) < 4.78 is 0. The summed E-state index contributed by atoms with van der Waals surface area (Å²) in [5, 5.41) is 17.2. The van der Waals surface area contributed by atoms with E-state index in [1.165, 1.54) is 0 Å². The number of hydrogen-bond donors (Lipinski definition) is 0. The molecule has 0 N–H and O–H groups in total. The number of hydrogen-bond acceptors (Lipinski definition) is 7. The lowest BCUT2D eigenvalue weighted by atomic mass is 10.2. The van der Waals surface area contributed by atoms with E-state index in [0.29, 0.717) is 34.2 Å². The predicted molar refractivity (Wildman–Crippen MR) is 113 cm³/mol. The number of rotatable bonds is 4. The molecule has 0 saturated carbocycles. The third kappa shape index (κ3) is 3.64. The number of aromatic nitrogens is 7. The van der Waals surface area contributed by atoms with Gasteiger partial charge in [0.1, 0.15) is 22.8 Å². The highest BCUT2D eigenvalue weighted by atomic mass is 15.1. The van der Waals surface area contributed by atoms with Crippen molar-refractivity contribution in [2.75, 3.05) is 0 Å². The number of nitrogens with zero attached hydrogens (tertiary/aromatic N) is 7. The normalized spacial score (nSPS) is 10.7. The molecule has 5 aromatic heterocycles. The average Bonchev–Trinajstić information content (AvgIpc) is 2.85. The van der Waals surface area contributed by atoms with Crippen molar-refractivity contribution in [2.45, 2.75) is 0 Å². The zero-order chi connectivity index (χ0) is 20.2. The molecule has 30 heavy (non-hydrogen) atoms. The van der Waals surface area contributed by atoms with E-state index in [0.717, 1.165) is 11.4 Å². The summed E-state index contributed by atoms with van der Waals surface area (Å²) in [6.07, 6.45) is 3.46. The van der Waals surface area contributed by atoms with Gasteiger partial charge in [0.15, 0.2) is 0 Å². The first-order chi connectivity index (χ1) is 14.9. The predicted octanol–water partition coefficient (Wildman–Crippen LogP) is 4.12. The van der Waals surface area contributed by atoms with Gasteiger partial charge in [-0.1, -0.05) is 18.2 Å². The minimum atomic E-state index is 0.676. The Labute approximate surface area is 172 Å². The van der Waals surface area contributed by atoms with Gasteiger partial charge in [-0.15, -0.1) is 20.4 Å². The maximum absolute atomic E-state index is 4.68. The van der Waals surface area contributed by atoms with E-state index in [9.17, 15) is 0 Å². The van der Waals surface area contributed by atoms with Crippen LogP contribution in [0.25, 0.3) is 45.6 Å². The lowest BCUT2D eigenvalue weighted by Crippen LogP contribution is -1.96. The molecular formula is C23H15N7. The van der Waals surface area contributed by atoms with Gasteiger partial charge in [-0.3, -0.25) is 9.97 Å². The minimum Gasteiger partial charge on any atom is -0.255 e. The Morgan fingerprint density at radius 2 is 0.733 bits per heavy atom. The fourth-order valence-electron chi connectivity index (χ4n) is 2.96. The van der Waals surface area contributed by atoms with Crippen LogP contribution in [0.4, 0.5) is 0 Å². The summed E-state index contributed by atoms with van der Waals surface area (Å²) >= 11 is 0. The van der Waals surface area contributed by atoms with Crippen LogP contribution in [-0.2, 0) is 0 Å². The zero-order valence-electron chi connectivity index (χ0n) is 15.8. The first-order valence-corrected chi connectivity index (χ1v) is 9.35. The molecule has 7 nitrogen and oxygen atoms in total. The van der Waals surface area contributed by atoms with Crippen LogP contribution in [0, 0.1) is 0 Å². The third-order valence-corrected chi connectivity index (χ3v) is 4.46. The van der Waals surface area contributed by atoms with Gasteiger partial charge in [0.2, 0.25) is 0 Å². The first kappa shape index (κ1) is 17.7. The summed E-state index contributed by atoms with van der Waals surface area (Å²) in [6, 6.07) is 24.6. The summed E-state index contributed by atoms with van der Waals surface area (Å²) in [5.74, 6) is 0. The lowest BCUT2D eigenvalue weighted by molar-refractivity contribution is 1.02. The highest BCUT2D eigenvalue weighted by Gasteiger charge is 2.09. The van der Waals surface area contributed by atoms with Crippen molar-refractivity contribution in [1.82, 2.24) is 35.3 Å². The van der Waals surface area contributed by atoms with Crippen LogP contribution in [0.3, 0.4) is 0 Å². The highest BCUT2D eigenvalue weighted by Crippen LogP contribution is 2.22. The molecule has 0 atom stereocenters. The topological polar surface area (TPSA) is 90.2 Å².